The van der Waals surface area contributed by atoms with Crippen molar-refractivity contribution in [3.05, 3.63) is 114 Å². The first-order valence-corrected chi connectivity index (χ1v) is 10.7. The molecule has 0 unspecified atom stereocenters. The van der Waals surface area contributed by atoms with Crippen molar-refractivity contribution in [1.29, 1.82) is 0 Å². The number of nitrogens with one attached hydrogen (secondary N) is 1. The number of thiocarbonyl (C=S) groups is 1. The maximum atomic E-state index is 13.4. The molecule has 33 heavy (non-hydrogen) atoms. The molecule has 0 aliphatic carbocycles. The lowest BCUT2D eigenvalue weighted by atomic mass is 10.0. The summed E-state index contributed by atoms with van der Waals surface area (Å²) < 4.78 is 41.9. The Morgan fingerprint density at radius 1 is 0.848 bits per heavy atom. The highest BCUT2D eigenvalue weighted by molar-refractivity contribution is 7.80. The van der Waals surface area contributed by atoms with E-state index in [9.17, 15) is 13.2 Å². The molecule has 0 saturated carbocycles. The van der Waals surface area contributed by atoms with Crippen LogP contribution in [-0.2, 0) is 6.18 Å². The van der Waals surface area contributed by atoms with Crippen LogP contribution < -0.4 is 10.2 Å². The molecule has 0 radical (unpaired) electrons. The van der Waals surface area contributed by atoms with Crippen molar-refractivity contribution in [2.45, 2.75) is 18.3 Å². The Bertz CT molecular complexity index is 1270. The summed E-state index contributed by atoms with van der Waals surface area (Å²) in [6.07, 6.45) is -0.939. The van der Waals surface area contributed by atoms with E-state index in [4.69, 9.17) is 12.2 Å². The second kappa shape index (κ2) is 8.37. The molecule has 1 N–H and O–H groups in total. The molecule has 3 heterocycles. The summed E-state index contributed by atoms with van der Waals surface area (Å²) in [4.78, 5) is 6.52. The lowest BCUT2D eigenvalue weighted by Gasteiger charge is -2.29. The van der Waals surface area contributed by atoms with Gasteiger partial charge in [0.1, 0.15) is 6.04 Å². The van der Waals surface area contributed by atoms with Gasteiger partial charge in [0.05, 0.1) is 17.3 Å². The van der Waals surface area contributed by atoms with E-state index in [2.05, 4.69) is 10.3 Å². The van der Waals surface area contributed by atoms with Gasteiger partial charge in [-0.3, -0.25) is 4.98 Å². The van der Waals surface area contributed by atoms with Crippen molar-refractivity contribution >= 4 is 23.0 Å². The molecular formula is C25H19F3N4S. The van der Waals surface area contributed by atoms with Crippen LogP contribution in [0.2, 0.25) is 0 Å². The van der Waals surface area contributed by atoms with E-state index in [-0.39, 0.29) is 12.1 Å². The molecule has 0 amide bonds. The van der Waals surface area contributed by atoms with Crippen LogP contribution in [0.5, 0.6) is 0 Å². The summed E-state index contributed by atoms with van der Waals surface area (Å²) in [5.41, 5.74) is 2.20. The third-order valence-corrected chi connectivity index (χ3v) is 5.98. The van der Waals surface area contributed by atoms with Crippen LogP contribution in [0, 0.1) is 0 Å². The number of halogens is 3. The fourth-order valence-corrected chi connectivity index (χ4v) is 4.57. The second-order valence-corrected chi connectivity index (χ2v) is 8.07. The summed E-state index contributed by atoms with van der Waals surface area (Å²) >= 11 is 5.71. The van der Waals surface area contributed by atoms with Crippen molar-refractivity contribution < 1.29 is 13.2 Å². The van der Waals surface area contributed by atoms with E-state index in [0.29, 0.717) is 10.8 Å². The van der Waals surface area contributed by atoms with Gasteiger partial charge >= 0.3 is 6.18 Å². The molecule has 1 aliphatic rings. The van der Waals surface area contributed by atoms with Gasteiger partial charge in [-0.05, 0) is 66.8 Å². The predicted octanol–water partition coefficient (Wildman–Crippen LogP) is 6.07. The molecule has 8 heteroatoms. The predicted molar refractivity (Wildman–Crippen MR) is 125 cm³/mol. The quantitative estimate of drug-likeness (QED) is 0.372. The first-order valence-electron chi connectivity index (χ1n) is 10.3. The van der Waals surface area contributed by atoms with E-state index in [1.54, 1.807) is 23.0 Å². The van der Waals surface area contributed by atoms with E-state index < -0.39 is 11.7 Å². The Balaban J connectivity index is 1.66. The van der Waals surface area contributed by atoms with Gasteiger partial charge in [-0.25, -0.2) is 0 Å². The highest BCUT2D eigenvalue weighted by atomic mass is 32.1. The van der Waals surface area contributed by atoms with Crippen molar-refractivity contribution in [3.63, 3.8) is 0 Å². The molecule has 5 rings (SSSR count). The highest BCUT2D eigenvalue weighted by Crippen LogP contribution is 2.42. The smallest absolute Gasteiger partial charge is 0.351 e. The maximum Gasteiger partial charge on any atom is 0.416 e. The third kappa shape index (κ3) is 3.98. The molecule has 1 saturated heterocycles. The largest absolute Gasteiger partial charge is 0.416 e. The minimum absolute atomic E-state index is 0.293. The van der Waals surface area contributed by atoms with Crippen molar-refractivity contribution in [2.24, 2.45) is 0 Å². The molecule has 1 fully saturated rings. The maximum absolute atomic E-state index is 13.4. The van der Waals surface area contributed by atoms with Gasteiger partial charge < -0.3 is 14.8 Å². The van der Waals surface area contributed by atoms with Gasteiger partial charge in [0.25, 0.3) is 0 Å². The molecule has 0 spiro atoms. The van der Waals surface area contributed by atoms with Gasteiger partial charge in [0.2, 0.25) is 0 Å². The summed E-state index contributed by atoms with van der Waals surface area (Å²) in [6, 6.07) is 23.8. The first kappa shape index (κ1) is 21.2. The van der Waals surface area contributed by atoms with Crippen LogP contribution in [0.4, 0.5) is 18.9 Å². The second-order valence-electron chi connectivity index (χ2n) is 7.68. The first-order chi connectivity index (χ1) is 15.9. The highest BCUT2D eigenvalue weighted by Gasteiger charge is 2.42. The van der Waals surface area contributed by atoms with Crippen LogP contribution in [0.25, 0.3) is 5.69 Å². The third-order valence-electron chi connectivity index (χ3n) is 5.67. The minimum Gasteiger partial charge on any atom is -0.351 e. The molecule has 4 nitrogen and oxygen atoms in total. The standard InChI is InChI=1S/C25H19F3N4S/c26-25(27,28)17-8-6-11-19(16-17)31-15-7-13-21(31)23-22(20-12-4-5-14-29-20)30-24(33)32(23)18-9-2-1-3-10-18/h1-16,22-23H,(H,30,33)/t22-,23-/m0/s1. The van der Waals surface area contributed by atoms with Crippen molar-refractivity contribution in [3.8, 4) is 5.69 Å². The SMILES string of the molecule is FC(F)(F)c1cccc(-n2cccc2[C@H]2[C@H](c3ccccn3)NC(=S)N2c2ccccc2)c1. The number of rotatable bonds is 4. The normalized spacial score (nSPS) is 18.4. The summed E-state index contributed by atoms with van der Waals surface area (Å²) in [5.74, 6) is 0. The van der Waals surface area contributed by atoms with E-state index in [0.717, 1.165) is 29.2 Å². The average molecular weight is 465 g/mol. The number of benzene rings is 2. The Kier molecular flexibility index (Phi) is 5.38. The molecule has 2 aromatic heterocycles. The van der Waals surface area contributed by atoms with E-state index >= 15 is 0 Å². The topological polar surface area (TPSA) is 33.1 Å². The lowest BCUT2D eigenvalue weighted by Crippen LogP contribution is -2.30. The Labute approximate surface area is 194 Å². The number of para-hydroxylation sites is 1. The fourth-order valence-electron chi connectivity index (χ4n) is 4.22. The van der Waals surface area contributed by atoms with Gasteiger partial charge in [-0.15, -0.1) is 0 Å². The van der Waals surface area contributed by atoms with Crippen LogP contribution in [0.15, 0.2) is 97.3 Å². The minimum atomic E-state index is -4.42. The van der Waals surface area contributed by atoms with Gasteiger partial charge in [0, 0.05) is 29.5 Å². The van der Waals surface area contributed by atoms with E-state index in [1.165, 1.54) is 6.07 Å². The van der Waals surface area contributed by atoms with E-state index in [1.807, 2.05) is 65.6 Å². The Hall–Kier alpha value is -3.65. The lowest BCUT2D eigenvalue weighted by molar-refractivity contribution is -0.137. The van der Waals surface area contributed by atoms with Gasteiger partial charge in [-0.1, -0.05) is 30.3 Å². The summed E-state index contributed by atoms with van der Waals surface area (Å²) in [5, 5.41) is 3.90. The van der Waals surface area contributed by atoms with Gasteiger partial charge in [-0.2, -0.15) is 13.2 Å². The zero-order chi connectivity index (χ0) is 23.0. The molecular weight excluding hydrogens is 445 g/mol. The molecule has 0 bridgehead atoms. The molecule has 2 aromatic carbocycles. The molecule has 4 aromatic rings. The number of hydrogen-bond acceptors (Lipinski definition) is 2. The number of aromatic nitrogens is 2. The number of anilines is 1. The summed E-state index contributed by atoms with van der Waals surface area (Å²) in [7, 11) is 0. The molecule has 1 aliphatic heterocycles. The zero-order valence-electron chi connectivity index (χ0n) is 17.3. The Morgan fingerprint density at radius 2 is 1.61 bits per heavy atom. The fraction of sp³-hybridized carbons (Fsp3) is 0.120. The number of pyridine rings is 1. The average Bonchev–Trinajstić information content (AvgIpc) is 3.44. The Morgan fingerprint density at radius 3 is 2.33 bits per heavy atom. The van der Waals surface area contributed by atoms with Crippen LogP contribution in [0.3, 0.4) is 0 Å². The number of hydrogen-bond donors (Lipinski definition) is 1. The van der Waals surface area contributed by atoms with Crippen molar-refractivity contribution in [2.75, 3.05) is 4.90 Å². The molecule has 166 valence electrons. The van der Waals surface area contributed by atoms with Crippen LogP contribution >= 0.6 is 12.2 Å². The van der Waals surface area contributed by atoms with Crippen molar-refractivity contribution in [1.82, 2.24) is 14.9 Å². The number of alkyl halides is 3. The van der Waals surface area contributed by atoms with Gasteiger partial charge in [0.15, 0.2) is 5.11 Å². The number of nitrogens with zero attached hydrogens (tertiary/aromatic N) is 3. The molecule has 2 atom stereocenters. The van der Waals surface area contributed by atoms with Crippen LogP contribution in [-0.4, -0.2) is 14.7 Å². The monoisotopic (exact) mass is 464 g/mol. The summed E-state index contributed by atoms with van der Waals surface area (Å²) in [6.45, 7) is 0. The van der Waals surface area contributed by atoms with Crippen LogP contribution in [0.1, 0.15) is 29.0 Å². The zero-order valence-corrected chi connectivity index (χ0v) is 18.1.